The van der Waals surface area contributed by atoms with Gasteiger partial charge < -0.3 is 15.0 Å². The summed E-state index contributed by atoms with van der Waals surface area (Å²) >= 11 is 0. The molecule has 6 heteroatoms. The van der Waals surface area contributed by atoms with E-state index in [2.05, 4.69) is 36.3 Å². The lowest BCUT2D eigenvalue weighted by Gasteiger charge is -2.23. The Bertz CT molecular complexity index is 420. The molecule has 118 valence electrons. The second kappa shape index (κ2) is 9.28. The van der Waals surface area contributed by atoms with E-state index in [-0.39, 0.29) is 5.91 Å². The Morgan fingerprint density at radius 3 is 2.67 bits per heavy atom. The molecule has 1 N–H and O–H groups in total. The molecule has 0 unspecified atom stereocenters. The second-order valence-electron chi connectivity index (χ2n) is 5.37. The van der Waals surface area contributed by atoms with Crippen LogP contribution in [0, 0.1) is 5.92 Å². The third kappa shape index (κ3) is 6.08. The first-order chi connectivity index (χ1) is 10.1. The molecule has 1 rings (SSSR count). The third-order valence-electron chi connectivity index (χ3n) is 2.88. The molecule has 0 radical (unpaired) electrons. The second-order valence-corrected chi connectivity index (χ2v) is 5.37. The molecule has 0 fully saturated rings. The normalized spacial score (nSPS) is 10.7. The van der Waals surface area contributed by atoms with E-state index in [1.54, 1.807) is 24.1 Å². The Morgan fingerprint density at radius 2 is 2.14 bits per heavy atom. The number of hydrogen-bond acceptors (Lipinski definition) is 5. The topological polar surface area (TPSA) is 67.4 Å². The Morgan fingerprint density at radius 1 is 1.38 bits per heavy atom. The van der Waals surface area contributed by atoms with Crippen molar-refractivity contribution in [2.45, 2.75) is 27.2 Å². The van der Waals surface area contributed by atoms with Crippen LogP contribution in [0.15, 0.2) is 12.1 Å². The number of amides is 1. The van der Waals surface area contributed by atoms with Gasteiger partial charge in [0.1, 0.15) is 5.82 Å². The van der Waals surface area contributed by atoms with E-state index in [9.17, 15) is 4.79 Å². The van der Waals surface area contributed by atoms with E-state index in [4.69, 9.17) is 4.74 Å². The summed E-state index contributed by atoms with van der Waals surface area (Å²) in [5.74, 6) is 0.986. The van der Waals surface area contributed by atoms with Crippen LogP contribution in [0.4, 0.5) is 5.82 Å². The molecule has 21 heavy (non-hydrogen) atoms. The van der Waals surface area contributed by atoms with E-state index in [0.29, 0.717) is 37.1 Å². The fourth-order valence-corrected chi connectivity index (χ4v) is 1.87. The number of rotatable bonds is 9. The Balaban J connectivity index is 2.72. The Labute approximate surface area is 126 Å². The molecule has 0 aromatic carbocycles. The molecule has 1 amide bonds. The fourth-order valence-electron chi connectivity index (χ4n) is 1.87. The van der Waals surface area contributed by atoms with Crippen LogP contribution in [0.3, 0.4) is 0 Å². The lowest BCUT2D eigenvalue weighted by molar-refractivity contribution is 0.0665. The molecule has 0 bridgehead atoms. The van der Waals surface area contributed by atoms with E-state index < -0.39 is 0 Å². The lowest BCUT2D eigenvalue weighted by atomic mass is 10.2. The van der Waals surface area contributed by atoms with Crippen LogP contribution in [0.2, 0.25) is 0 Å². The van der Waals surface area contributed by atoms with E-state index >= 15 is 0 Å². The lowest BCUT2D eigenvalue weighted by Crippen LogP contribution is -2.37. The molecular weight excluding hydrogens is 268 g/mol. The number of aromatic nitrogens is 2. The van der Waals surface area contributed by atoms with Crippen molar-refractivity contribution in [3.8, 4) is 0 Å². The standard InChI is InChI=1S/C15H26N4O2/c1-5-8-16-14-7-6-13(17-18-14)15(20)19(9-10-21-4)11-12(2)3/h6-7,12H,5,8-11H2,1-4H3,(H,16,18). The van der Waals surface area contributed by atoms with Crippen molar-refractivity contribution < 1.29 is 9.53 Å². The van der Waals surface area contributed by atoms with Gasteiger partial charge in [0.25, 0.3) is 5.91 Å². The zero-order valence-electron chi connectivity index (χ0n) is 13.4. The third-order valence-corrected chi connectivity index (χ3v) is 2.88. The highest BCUT2D eigenvalue weighted by Crippen LogP contribution is 2.07. The summed E-state index contributed by atoms with van der Waals surface area (Å²) < 4.78 is 5.06. The molecule has 0 spiro atoms. The van der Waals surface area contributed by atoms with Gasteiger partial charge in [-0.1, -0.05) is 20.8 Å². The molecule has 0 aliphatic heterocycles. The van der Waals surface area contributed by atoms with Crippen LogP contribution in [0.25, 0.3) is 0 Å². The number of carbonyl (C=O) groups is 1. The molecule has 6 nitrogen and oxygen atoms in total. The number of methoxy groups -OCH3 is 1. The van der Waals surface area contributed by atoms with Gasteiger partial charge >= 0.3 is 0 Å². The first-order valence-corrected chi connectivity index (χ1v) is 7.44. The SMILES string of the molecule is CCCNc1ccc(C(=O)N(CCOC)CC(C)C)nn1. The maximum Gasteiger partial charge on any atom is 0.274 e. The molecule has 0 aliphatic rings. The minimum absolute atomic E-state index is 0.102. The van der Waals surface area contributed by atoms with Crippen LogP contribution in [0.1, 0.15) is 37.7 Å². The zero-order valence-corrected chi connectivity index (χ0v) is 13.4. The van der Waals surface area contributed by atoms with Gasteiger partial charge in [0.05, 0.1) is 6.61 Å². The van der Waals surface area contributed by atoms with E-state index in [0.717, 1.165) is 13.0 Å². The van der Waals surface area contributed by atoms with Gasteiger partial charge in [0, 0.05) is 26.7 Å². The van der Waals surface area contributed by atoms with Crippen molar-refractivity contribution >= 4 is 11.7 Å². The van der Waals surface area contributed by atoms with Gasteiger partial charge in [-0.3, -0.25) is 4.79 Å². The molecule has 0 aliphatic carbocycles. The summed E-state index contributed by atoms with van der Waals surface area (Å²) in [5.41, 5.74) is 0.369. The van der Waals surface area contributed by atoms with Crippen LogP contribution >= 0.6 is 0 Å². The fraction of sp³-hybridized carbons (Fsp3) is 0.667. The molecule has 0 saturated carbocycles. The minimum atomic E-state index is -0.102. The van der Waals surface area contributed by atoms with Crippen molar-refractivity contribution in [2.24, 2.45) is 5.92 Å². The average molecular weight is 294 g/mol. The number of carbonyl (C=O) groups excluding carboxylic acids is 1. The molecule has 1 heterocycles. The molecule has 0 saturated heterocycles. The highest BCUT2D eigenvalue weighted by Gasteiger charge is 2.18. The largest absolute Gasteiger partial charge is 0.383 e. The quantitative estimate of drug-likeness (QED) is 0.755. The minimum Gasteiger partial charge on any atom is -0.383 e. The summed E-state index contributed by atoms with van der Waals surface area (Å²) in [5, 5.41) is 11.2. The number of ether oxygens (including phenoxy) is 1. The predicted molar refractivity (Wildman–Crippen MR) is 83.4 cm³/mol. The average Bonchev–Trinajstić information content (AvgIpc) is 2.49. The molecule has 1 aromatic heterocycles. The summed E-state index contributed by atoms with van der Waals surface area (Å²) in [7, 11) is 1.63. The van der Waals surface area contributed by atoms with Crippen molar-refractivity contribution in [1.82, 2.24) is 15.1 Å². The monoisotopic (exact) mass is 294 g/mol. The smallest absolute Gasteiger partial charge is 0.274 e. The Kier molecular flexibility index (Phi) is 7.68. The van der Waals surface area contributed by atoms with E-state index in [1.807, 2.05) is 0 Å². The van der Waals surface area contributed by atoms with Crippen LogP contribution in [-0.4, -0.2) is 54.4 Å². The van der Waals surface area contributed by atoms with Gasteiger partial charge in [-0.15, -0.1) is 10.2 Å². The maximum atomic E-state index is 12.5. The predicted octanol–water partition coefficient (Wildman–Crippen LogP) is 2.04. The number of anilines is 1. The number of nitrogens with zero attached hydrogens (tertiary/aromatic N) is 3. The molecule has 0 atom stereocenters. The van der Waals surface area contributed by atoms with Gasteiger partial charge in [-0.2, -0.15) is 0 Å². The summed E-state index contributed by atoms with van der Waals surface area (Å²) in [6, 6.07) is 3.51. The highest BCUT2D eigenvalue weighted by molar-refractivity contribution is 5.92. The number of nitrogens with one attached hydrogen (secondary N) is 1. The highest BCUT2D eigenvalue weighted by atomic mass is 16.5. The van der Waals surface area contributed by atoms with Gasteiger partial charge in [0.2, 0.25) is 0 Å². The van der Waals surface area contributed by atoms with Crippen molar-refractivity contribution in [1.29, 1.82) is 0 Å². The van der Waals surface area contributed by atoms with Crippen LogP contribution < -0.4 is 5.32 Å². The summed E-state index contributed by atoms with van der Waals surface area (Å²) in [6.07, 6.45) is 1.02. The van der Waals surface area contributed by atoms with Gasteiger partial charge in [-0.05, 0) is 24.5 Å². The Hall–Kier alpha value is -1.69. The molecular formula is C15H26N4O2. The van der Waals surface area contributed by atoms with Crippen LogP contribution in [0.5, 0.6) is 0 Å². The van der Waals surface area contributed by atoms with Crippen molar-refractivity contribution in [3.05, 3.63) is 17.8 Å². The molecule has 1 aromatic rings. The van der Waals surface area contributed by atoms with E-state index in [1.165, 1.54) is 0 Å². The summed E-state index contributed by atoms with van der Waals surface area (Å²) in [6.45, 7) is 8.84. The first-order valence-electron chi connectivity index (χ1n) is 7.44. The van der Waals surface area contributed by atoms with Crippen molar-refractivity contribution in [2.75, 3.05) is 38.7 Å². The number of hydrogen-bond donors (Lipinski definition) is 1. The summed E-state index contributed by atoms with van der Waals surface area (Å²) in [4.78, 5) is 14.2. The maximum absolute atomic E-state index is 12.5. The first kappa shape index (κ1) is 17.4. The van der Waals surface area contributed by atoms with Gasteiger partial charge in [0.15, 0.2) is 5.69 Å². The zero-order chi connectivity index (χ0) is 15.7. The van der Waals surface area contributed by atoms with Gasteiger partial charge in [-0.25, -0.2) is 0 Å². The van der Waals surface area contributed by atoms with Crippen LogP contribution in [-0.2, 0) is 4.74 Å². The van der Waals surface area contributed by atoms with Crippen molar-refractivity contribution in [3.63, 3.8) is 0 Å².